The van der Waals surface area contributed by atoms with Crippen molar-refractivity contribution in [2.75, 3.05) is 5.32 Å². The fourth-order valence-corrected chi connectivity index (χ4v) is 2.25. The van der Waals surface area contributed by atoms with Gasteiger partial charge in [0.15, 0.2) is 0 Å². The number of aryl methyl sites for hydroxylation is 1. The Hall–Kier alpha value is -1.12. The van der Waals surface area contributed by atoms with E-state index in [0.717, 1.165) is 12.4 Å². The zero-order valence-corrected chi connectivity index (χ0v) is 9.16. The highest BCUT2D eigenvalue weighted by Gasteiger charge is 2.23. The molecule has 0 bridgehead atoms. The zero-order valence-electron chi connectivity index (χ0n) is 9.16. The third-order valence-corrected chi connectivity index (χ3v) is 3.36. The van der Waals surface area contributed by atoms with E-state index in [9.17, 15) is 0 Å². The molecule has 1 heterocycles. The van der Waals surface area contributed by atoms with Crippen LogP contribution in [-0.4, -0.2) is 16.0 Å². The second kappa shape index (κ2) is 3.47. The lowest BCUT2D eigenvalue weighted by atomic mass is 9.89. The molecule has 0 aliphatic heterocycles. The summed E-state index contributed by atoms with van der Waals surface area (Å²) in [6, 6.07) is 0.641. The molecule has 1 N–H and O–H groups in total. The van der Waals surface area contributed by atoms with Crippen molar-refractivity contribution >= 4 is 5.95 Å². The van der Waals surface area contributed by atoms with Crippen LogP contribution in [-0.2, 0) is 6.42 Å². The van der Waals surface area contributed by atoms with E-state index in [-0.39, 0.29) is 0 Å². The first kappa shape index (κ1) is 9.13. The molecule has 1 unspecified atom stereocenters. The standard InChI is InChI=1S/C12H17N3/c1-8-3-2-4-9-7-13-12(15-11(8)9)14-10-5-6-10/h7-8,10H,2-6H2,1H3,(H,13,14,15). The van der Waals surface area contributed by atoms with Gasteiger partial charge in [-0.05, 0) is 43.6 Å². The van der Waals surface area contributed by atoms with Crippen LogP contribution >= 0.6 is 0 Å². The van der Waals surface area contributed by atoms with Crippen molar-refractivity contribution in [1.29, 1.82) is 0 Å². The first-order valence-corrected chi connectivity index (χ1v) is 5.95. The molecule has 15 heavy (non-hydrogen) atoms. The molecule has 1 atom stereocenters. The molecule has 1 fully saturated rings. The lowest BCUT2D eigenvalue weighted by Gasteiger charge is -2.21. The number of aromatic nitrogens is 2. The normalized spacial score (nSPS) is 24.7. The summed E-state index contributed by atoms with van der Waals surface area (Å²) < 4.78 is 0. The summed E-state index contributed by atoms with van der Waals surface area (Å²) in [4.78, 5) is 9.04. The van der Waals surface area contributed by atoms with Crippen molar-refractivity contribution in [3.05, 3.63) is 17.5 Å². The van der Waals surface area contributed by atoms with Crippen LogP contribution in [0.5, 0.6) is 0 Å². The summed E-state index contributed by atoms with van der Waals surface area (Å²) in [5.74, 6) is 1.45. The summed E-state index contributed by atoms with van der Waals surface area (Å²) in [7, 11) is 0. The monoisotopic (exact) mass is 203 g/mol. The molecule has 2 aliphatic rings. The van der Waals surface area contributed by atoms with E-state index >= 15 is 0 Å². The third kappa shape index (κ3) is 1.83. The molecule has 1 aromatic heterocycles. The van der Waals surface area contributed by atoms with E-state index in [1.54, 1.807) is 0 Å². The molecule has 1 saturated carbocycles. The summed E-state index contributed by atoms with van der Waals surface area (Å²) in [5, 5.41) is 3.36. The van der Waals surface area contributed by atoms with Gasteiger partial charge in [-0.2, -0.15) is 0 Å². The molecule has 3 heteroatoms. The fraction of sp³-hybridized carbons (Fsp3) is 0.667. The lowest BCUT2D eigenvalue weighted by molar-refractivity contribution is 0.570. The summed E-state index contributed by atoms with van der Waals surface area (Å²) >= 11 is 0. The van der Waals surface area contributed by atoms with E-state index in [1.807, 2.05) is 6.20 Å². The van der Waals surface area contributed by atoms with Crippen molar-refractivity contribution in [1.82, 2.24) is 9.97 Å². The molecule has 0 amide bonds. The van der Waals surface area contributed by atoms with Crippen LogP contribution in [0, 0.1) is 0 Å². The number of hydrogen-bond donors (Lipinski definition) is 1. The predicted molar refractivity (Wildman–Crippen MR) is 60.0 cm³/mol. The highest BCUT2D eigenvalue weighted by molar-refractivity contribution is 5.34. The van der Waals surface area contributed by atoms with E-state index < -0.39 is 0 Å². The number of nitrogens with one attached hydrogen (secondary N) is 1. The molecule has 80 valence electrons. The Morgan fingerprint density at radius 1 is 1.33 bits per heavy atom. The molecule has 3 rings (SSSR count). The lowest BCUT2D eigenvalue weighted by Crippen LogP contribution is -2.13. The number of anilines is 1. The van der Waals surface area contributed by atoms with Gasteiger partial charge < -0.3 is 5.32 Å². The minimum absolute atomic E-state index is 0.608. The summed E-state index contributed by atoms with van der Waals surface area (Å²) in [6.07, 6.45) is 8.28. The summed E-state index contributed by atoms with van der Waals surface area (Å²) in [5.41, 5.74) is 2.63. The Morgan fingerprint density at radius 3 is 3.00 bits per heavy atom. The zero-order chi connectivity index (χ0) is 10.3. The van der Waals surface area contributed by atoms with Crippen LogP contribution < -0.4 is 5.32 Å². The van der Waals surface area contributed by atoms with Crippen LogP contribution in [0.3, 0.4) is 0 Å². The predicted octanol–water partition coefficient (Wildman–Crippen LogP) is 2.49. The van der Waals surface area contributed by atoms with Crippen LogP contribution in [0.1, 0.15) is 49.8 Å². The number of fused-ring (bicyclic) bond motifs is 1. The molecule has 0 saturated heterocycles. The number of hydrogen-bond acceptors (Lipinski definition) is 3. The molecule has 3 nitrogen and oxygen atoms in total. The van der Waals surface area contributed by atoms with Gasteiger partial charge in [-0.3, -0.25) is 0 Å². The largest absolute Gasteiger partial charge is 0.351 e. The minimum Gasteiger partial charge on any atom is -0.351 e. The van der Waals surface area contributed by atoms with Crippen LogP contribution in [0.2, 0.25) is 0 Å². The second-order valence-electron chi connectivity index (χ2n) is 4.82. The van der Waals surface area contributed by atoms with Crippen molar-refractivity contribution < 1.29 is 0 Å². The Balaban J connectivity index is 1.88. The molecule has 0 spiro atoms. The van der Waals surface area contributed by atoms with Crippen molar-refractivity contribution in [2.24, 2.45) is 0 Å². The maximum atomic E-state index is 4.65. The smallest absolute Gasteiger partial charge is 0.223 e. The van der Waals surface area contributed by atoms with Crippen LogP contribution in [0.4, 0.5) is 5.95 Å². The van der Waals surface area contributed by atoms with E-state index in [4.69, 9.17) is 0 Å². The minimum atomic E-state index is 0.608. The average Bonchev–Trinajstić information content (AvgIpc) is 3.03. The van der Waals surface area contributed by atoms with E-state index in [1.165, 1.54) is 36.9 Å². The molecule has 0 radical (unpaired) electrons. The quantitative estimate of drug-likeness (QED) is 0.802. The van der Waals surface area contributed by atoms with Crippen LogP contribution in [0.25, 0.3) is 0 Å². The molecular formula is C12H17N3. The van der Waals surface area contributed by atoms with Crippen LogP contribution in [0.15, 0.2) is 6.20 Å². The van der Waals surface area contributed by atoms with Crippen molar-refractivity contribution in [2.45, 2.75) is 51.0 Å². The highest BCUT2D eigenvalue weighted by Crippen LogP contribution is 2.30. The van der Waals surface area contributed by atoms with Gasteiger partial charge in [0.2, 0.25) is 5.95 Å². The highest BCUT2D eigenvalue weighted by atomic mass is 15.1. The molecule has 0 aromatic carbocycles. The fourth-order valence-electron chi connectivity index (χ4n) is 2.25. The van der Waals surface area contributed by atoms with Gasteiger partial charge in [0.25, 0.3) is 0 Å². The molecule has 1 aromatic rings. The van der Waals surface area contributed by atoms with E-state index in [0.29, 0.717) is 12.0 Å². The average molecular weight is 203 g/mol. The Morgan fingerprint density at radius 2 is 2.20 bits per heavy atom. The maximum Gasteiger partial charge on any atom is 0.223 e. The van der Waals surface area contributed by atoms with Gasteiger partial charge in [-0.25, -0.2) is 9.97 Å². The topological polar surface area (TPSA) is 37.8 Å². The van der Waals surface area contributed by atoms with E-state index in [2.05, 4.69) is 22.2 Å². The van der Waals surface area contributed by atoms with Gasteiger partial charge in [-0.15, -0.1) is 0 Å². The van der Waals surface area contributed by atoms with Gasteiger partial charge in [0.05, 0.1) is 5.69 Å². The molecular weight excluding hydrogens is 186 g/mol. The Labute approximate surface area is 90.3 Å². The van der Waals surface area contributed by atoms with Crippen molar-refractivity contribution in [3.63, 3.8) is 0 Å². The van der Waals surface area contributed by atoms with Gasteiger partial charge in [0, 0.05) is 12.2 Å². The van der Waals surface area contributed by atoms with Gasteiger partial charge in [-0.1, -0.05) is 6.92 Å². The van der Waals surface area contributed by atoms with Crippen molar-refractivity contribution in [3.8, 4) is 0 Å². The van der Waals surface area contributed by atoms with Gasteiger partial charge >= 0.3 is 0 Å². The Kier molecular flexibility index (Phi) is 2.11. The number of nitrogens with zero attached hydrogens (tertiary/aromatic N) is 2. The third-order valence-electron chi connectivity index (χ3n) is 3.36. The molecule has 2 aliphatic carbocycles. The van der Waals surface area contributed by atoms with Gasteiger partial charge in [0.1, 0.15) is 0 Å². The summed E-state index contributed by atoms with van der Waals surface area (Å²) in [6.45, 7) is 2.27. The Bertz CT molecular complexity index is 371. The maximum absolute atomic E-state index is 4.65. The number of rotatable bonds is 2. The first-order valence-electron chi connectivity index (χ1n) is 5.95. The first-order chi connectivity index (χ1) is 7.33. The second-order valence-corrected chi connectivity index (χ2v) is 4.82. The SMILES string of the molecule is CC1CCCc2cnc(NC3CC3)nc21.